The third kappa shape index (κ3) is 4.32. The highest BCUT2D eigenvalue weighted by molar-refractivity contribution is 6.32. The number of pyridine rings is 1. The van der Waals surface area contributed by atoms with E-state index in [4.69, 9.17) is 21.3 Å². The summed E-state index contributed by atoms with van der Waals surface area (Å²) in [6, 6.07) is 3.70. The molecule has 2 aromatic heterocycles. The summed E-state index contributed by atoms with van der Waals surface area (Å²) >= 11 is 6.54. The predicted molar refractivity (Wildman–Crippen MR) is 152 cm³/mol. The Balaban J connectivity index is 1.24. The average molecular weight is 583 g/mol. The highest BCUT2D eigenvalue weighted by Gasteiger charge is 2.49. The molecule has 8 nitrogen and oxygen atoms in total. The molecule has 9 rings (SSSR count). The van der Waals surface area contributed by atoms with Gasteiger partial charge in [-0.15, -0.1) is 0 Å². The second-order valence-electron chi connectivity index (χ2n) is 12.5. The first-order valence-corrected chi connectivity index (χ1v) is 15.2. The van der Waals surface area contributed by atoms with Crippen molar-refractivity contribution in [3.05, 3.63) is 34.7 Å². The number of halogens is 3. The number of nitrogens with one attached hydrogen (secondary N) is 1. The molecule has 0 spiro atoms. The maximum atomic E-state index is 16.6. The first-order valence-electron chi connectivity index (χ1n) is 14.8. The molecule has 5 aliphatic heterocycles. The Bertz CT molecular complexity index is 1530. The van der Waals surface area contributed by atoms with Crippen molar-refractivity contribution in [1.29, 1.82) is 0 Å². The molecule has 11 heteroatoms. The molecular formula is C30H33ClF2N6O2. The Labute approximate surface area is 242 Å². The topological polar surface area (TPSA) is 86.6 Å². The van der Waals surface area contributed by atoms with E-state index < -0.39 is 12.0 Å². The van der Waals surface area contributed by atoms with Gasteiger partial charge in [-0.3, -0.25) is 9.88 Å². The standard InChI is InChI=1S/C30H33ClF2N6O2/c31-23-9-20(40)8-21(24(23)16-2-3-16)26-25(33)27-22(12-35-26)28(39-14-18-4-5-19(39)11-34-18)37-29(36-27)41-15-30-6-1-7-38(30)13-17(32)10-30/h8-9,12,16-19,34,40H,1-7,10-11,13-15H2/t17-,18?,19?,30+/m1/s1. The van der Waals surface area contributed by atoms with Crippen LogP contribution in [0.3, 0.4) is 0 Å². The molecule has 1 saturated carbocycles. The predicted octanol–water partition coefficient (Wildman–Crippen LogP) is 4.96. The summed E-state index contributed by atoms with van der Waals surface area (Å²) in [5.41, 5.74) is 1.15. The lowest BCUT2D eigenvalue weighted by molar-refractivity contribution is 0.107. The van der Waals surface area contributed by atoms with E-state index in [1.807, 2.05) is 0 Å². The second-order valence-corrected chi connectivity index (χ2v) is 12.9. The zero-order valence-electron chi connectivity index (χ0n) is 22.8. The van der Waals surface area contributed by atoms with Crippen molar-refractivity contribution < 1.29 is 18.6 Å². The Morgan fingerprint density at radius 1 is 1.17 bits per heavy atom. The van der Waals surface area contributed by atoms with Crippen LogP contribution in [-0.2, 0) is 0 Å². The summed E-state index contributed by atoms with van der Waals surface area (Å²) in [7, 11) is 0. The molecule has 2 N–H and O–H groups in total. The lowest BCUT2D eigenvalue weighted by atomic mass is 9.93. The number of fused-ring (bicyclic) bond motifs is 5. The number of phenolic OH excluding ortho intramolecular Hbond substituents is 1. The van der Waals surface area contributed by atoms with Crippen molar-refractivity contribution in [2.75, 3.05) is 37.7 Å². The van der Waals surface area contributed by atoms with E-state index in [0.717, 1.165) is 63.7 Å². The molecule has 0 radical (unpaired) electrons. The van der Waals surface area contributed by atoms with Gasteiger partial charge < -0.3 is 20.1 Å². The first kappa shape index (κ1) is 25.9. The van der Waals surface area contributed by atoms with E-state index in [2.05, 4.69) is 25.1 Å². The van der Waals surface area contributed by atoms with Gasteiger partial charge in [-0.2, -0.15) is 9.97 Å². The lowest BCUT2D eigenvalue weighted by Gasteiger charge is -2.46. The minimum absolute atomic E-state index is 0.0388. The maximum Gasteiger partial charge on any atom is 0.319 e. The molecule has 6 fully saturated rings. The normalized spacial score (nSPS) is 29.4. The molecular weight excluding hydrogens is 550 g/mol. The number of hydrogen-bond acceptors (Lipinski definition) is 8. The number of piperidine rings is 2. The summed E-state index contributed by atoms with van der Waals surface area (Å²) in [6.07, 6.45) is 7.10. The van der Waals surface area contributed by atoms with E-state index in [1.54, 1.807) is 6.20 Å². The monoisotopic (exact) mass is 582 g/mol. The molecule has 41 heavy (non-hydrogen) atoms. The fourth-order valence-electron chi connectivity index (χ4n) is 7.70. The first-order chi connectivity index (χ1) is 19.9. The van der Waals surface area contributed by atoms with Crippen LogP contribution in [0.5, 0.6) is 11.8 Å². The van der Waals surface area contributed by atoms with E-state index in [-0.39, 0.29) is 47.1 Å². The van der Waals surface area contributed by atoms with Gasteiger partial charge >= 0.3 is 6.01 Å². The van der Waals surface area contributed by atoms with Gasteiger partial charge in [-0.1, -0.05) is 11.6 Å². The Morgan fingerprint density at radius 3 is 2.80 bits per heavy atom. The van der Waals surface area contributed by atoms with Gasteiger partial charge in [-0.25, -0.2) is 8.78 Å². The van der Waals surface area contributed by atoms with Crippen LogP contribution in [0, 0.1) is 5.82 Å². The van der Waals surface area contributed by atoms with E-state index in [9.17, 15) is 9.50 Å². The smallest absolute Gasteiger partial charge is 0.319 e. The highest BCUT2D eigenvalue weighted by atomic mass is 35.5. The second kappa shape index (κ2) is 9.61. The van der Waals surface area contributed by atoms with Crippen molar-refractivity contribution in [2.45, 2.75) is 74.7 Å². The van der Waals surface area contributed by atoms with E-state index in [0.29, 0.717) is 40.8 Å². The number of rotatable bonds is 6. The third-order valence-electron chi connectivity index (χ3n) is 9.85. The number of anilines is 1. The third-order valence-corrected chi connectivity index (χ3v) is 10.2. The zero-order chi connectivity index (χ0) is 27.9. The fraction of sp³-hybridized carbons (Fsp3) is 0.567. The van der Waals surface area contributed by atoms with Crippen molar-refractivity contribution >= 4 is 28.3 Å². The summed E-state index contributed by atoms with van der Waals surface area (Å²) in [5.74, 6) is 0.199. The summed E-state index contributed by atoms with van der Waals surface area (Å²) in [6.45, 7) is 3.14. The minimum atomic E-state index is -0.871. The van der Waals surface area contributed by atoms with Crippen LogP contribution in [0.15, 0.2) is 18.3 Å². The molecule has 5 saturated heterocycles. The molecule has 2 bridgehead atoms. The number of piperazine rings is 1. The van der Waals surface area contributed by atoms with E-state index >= 15 is 4.39 Å². The molecule has 2 unspecified atom stereocenters. The Morgan fingerprint density at radius 2 is 2.05 bits per heavy atom. The lowest BCUT2D eigenvalue weighted by Crippen LogP contribution is -2.61. The van der Waals surface area contributed by atoms with Crippen molar-refractivity contribution in [3.63, 3.8) is 0 Å². The number of nitrogens with zero attached hydrogens (tertiary/aromatic N) is 5. The van der Waals surface area contributed by atoms with E-state index in [1.165, 1.54) is 12.1 Å². The number of benzene rings is 1. The average Bonchev–Trinajstić information content (AvgIpc) is 3.65. The molecule has 3 aromatic rings. The minimum Gasteiger partial charge on any atom is -0.508 e. The SMILES string of the molecule is Oc1cc(Cl)c(C2CC2)c(-c2ncc3c(N4CC5CCC4CN5)nc(OC[C@@]45CCCN4C[C@H](F)C5)nc3c2F)c1. The number of ether oxygens (including phenoxy) is 1. The van der Waals surface area contributed by atoms with Gasteiger partial charge in [0.05, 0.1) is 10.9 Å². The van der Waals surface area contributed by atoms with Gasteiger partial charge in [-0.05, 0) is 68.7 Å². The highest BCUT2D eigenvalue weighted by Crippen LogP contribution is 2.49. The van der Waals surface area contributed by atoms with Gasteiger partial charge in [0.1, 0.15) is 35.6 Å². The number of aromatic hydroxyl groups is 1. The van der Waals surface area contributed by atoms with Crippen LogP contribution in [0.1, 0.15) is 56.4 Å². The molecule has 0 amide bonds. The van der Waals surface area contributed by atoms with Crippen molar-refractivity contribution in [2.24, 2.45) is 0 Å². The van der Waals surface area contributed by atoms with Crippen molar-refractivity contribution in [1.82, 2.24) is 25.2 Å². The number of hydrogen-bond donors (Lipinski definition) is 2. The number of aromatic nitrogens is 3. The van der Waals surface area contributed by atoms with Crippen LogP contribution >= 0.6 is 11.6 Å². The van der Waals surface area contributed by atoms with Crippen molar-refractivity contribution in [3.8, 4) is 23.0 Å². The quantitative estimate of drug-likeness (QED) is 0.422. The summed E-state index contributed by atoms with van der Waals surface area (Å²) in [5, 5.41) is 14.8. The summed E-state index contributed by atoms with van der Waals surface area (Å²) < 4.78 is 37.2. The van der Waals surface area contributed by atoms with Crippen LogP contribution in [0.4, 0.5) is 14.6 Å². The number of phenols is 1. The molecule has 4 atom stereocenters. The van der Waals surface area contributed by atoms with Gasteiger partial charge in [0.15, 0.2) is 5.82 Å². The molecule has 6 aliphatic rings. The zero-order valence-corrected chi connectivity index (χ0v) is 23.5. The molecule has 1 aliphatic carbocycles. The van der Waals surface area contributed by atoms with Gasteiger partial charge in [0.2, 0.25) is 0 Å². The Kier molecular flexibility index (Phi) is 6.06. The maximum absolute atomic E-state index is 16.6. The van der Waals surface area contributed by atoms with Crippen LogP contribution in [0.2, 0.25) is 5.02 Å². The summed E-state index contributed by atoms with van der Waals surface area (Å²) in [4.78, 5) is 18.4. The number of alkyl halides is 1. The fourth-order valence-corrected chi connectivity index (χ4v) is 8.06. The van der Waals surface area contributed by atoms with Crippen LogP contribution in [-0.4, -0.2) is 81.5 Å². The molecule has 216 valence electrons. The van der Waals surface area contributed by atoms with Gasteiger partial charge in [0.25, 0.3) is 0 Å². The van der Waals surface area contributed by atoms with Gasteiger partial charge in [0, 0.05) is 54.9 Å². The largest absolute Gasteiger partial charge is 0.508 e. The molecule has 7 heterocycles. The van der Waals surface area contributed by atoms with Crippen LogP contribution in [0.25, 0.3) is 22.2 Å². The molecule has 1 aromatic carbocycles. The Hall–Kier alpha value is -2.82. The van der Waals surface area contributed by atoms with Crippen LogP contribution < -0.4 is 15.0 Å².